The molecule has 1 saturated heterocycles. The molecular weight excluding hydrogens is 312 g/mol. The van der Waals surface area contributed by atoms with E-state index in [1.807, 2.05) is 6.07 Å². The van der Waals surface area contributed by atoms with Gasteiger partial charge in [0.1, 0.15) is 0 Å². The second-order valence-electron chi connectivity index (χ2n) is 6.52. The fourth-order valence-electron chi connectivity index (χ4n) is 2.92. The average Bonchev–Trinajstić information content (AvgIpc) is 2.95. The van der Waals surface area contributed by atoms with E-state index >= 15 is 0 Å². The lowest BCUT2D eigenvalue weighted by Crippen LogP contribution is -2.52. The minimum Gasteiger partial charge on any atom is -0.383 e. The summed E-state index contributed by atoms with van der Waals surface area (Å²) in [5, 5.41) is 2.16. The van der Waals surface area contributed by atoms with E-state index in [9.17, 15) is 8.42 Å². The maximum Gasteiger partial charge on any atom is 0.179 e. The Kier molecular flexibility index (Phi) is 6.59. The summed E-state index contributed by atoms with van der Waals surface area (Å²) in [6.45, 7) is 5.71. The summed E-state index contributed by atoms with van der Waals surface area (Å²) in [5.74, 6) is 0.322. The standard InChI is InChI=1S/C17H28N2O3S/c1-14(2)17(18-19-11-7-8-15(19)12-22-3)13-23(20,21)16-9-5-4-6-10-16/h4-6,9-10,14-15,17-18H,7-8,11-13H2,1-3H3/t15-,17+/m0/s1. The fourth-order valence-corrected chi connectivity index (χ4v) is 4.62. The van der Waals surface area contributed by atoms with Crippen molar-refractivity contribution < 1.29 is 13.2 Å². The smallest absolute Gasteiger partial charge is 0.179 e. The van der Waals surface area contributed by atoms with Gasteiger partial charge in [0.05, 0.1) is 17.3 Å². The molecule has 1 aliphatic heterocycles. The Morgan fingerprint density at radius 1 is 1.30 bits per heavy atom. The van der Waals surface area contributed by atoms with Crippen LogP contribution in [0.25, 0.3) is 0 Å². The molecule has 0 amide bonds. The first-order chi connectivity index (χ1) is 10.9. The minimum absolute atomic E-state index is 0.102. The van der Waals surface area contributed by atoms with Crippen LogP contribution in [0.2, 0.25) is 0 Å². The Morgan fingerprint density at radius 2 is 2.00 bits per heavy atom. The van der Waals surface area contributed by atoms with Crippen LogP contribution in [-0.4, -0.2) is 51.5 Å². The van der Waals surface area contributed by atoms with Crippen molar-refractivity contribution in [2.75, 3.05) is 26.0 Å². The van der Waals surface area contributed by atoms with Crippen molar-refractivity contribution in [3.8, 4) is 0 Å². The van der Waals surface area contributed by atoms with E-state index in [0.29, 0.717) is 17.5 Å². The Balaban J connectivity index is 2.07. The van der Waals surface area contributed by atoms with E-state index in [1.165, 1.54) is 0 Å². The van der Waals surface area contributed by atoms with E-state index in [1.54, 1.807) is 31.4 Å². The van der Waals surface area contributed by atoms with Gasteiger partial charge < -0.3 is 4.74 Å². The normalized spacial score (nSPS) is 21.0. The van der Waals surface area contributed by atoms with Crippen molar-refractivity contribution in [1.29, 1.82) is 0 Å². The summed E-state index contributed by atoms with van der Waals surface area (Å²) in [6.07, 6.45) is 2.19. The molecule has 23 heavy (non-hydrogen) atoms. The Labute approximate surface area is 139 Å². The largest absolute Gasteiger partial charge is 0.383 e. The van der Waals surface area contributed by atoms with Crippen molar-refractivity contribution in [3.63, 3.8) is 0 Å². The van der Waals surface area contributed by atoms with Gasteiger partial charge in [-0.15, -0.1) is 0 Å². The molecule has 5 nitrogen and oxygen atoms in total. The molecule has 2 rings (SSSR count). The van der Waals surface area contributed by atoms with Gasteiger partial charge in [0.15, 0.2) is 9.84 Å². The Hall–Kier alpha value is -0.950. The van der Waals surface area contributed by atoms with Crippen LogP contribution < -0.4 is 5.43 Å². The molecular formula is C17H28N2O3S. The van der Waals surface area contributed by atoms with Crippen LogP contribution in [0.3, 0.4) is 0 Å². The van der Waals surface area contributed by atoms with Crippen LogP contribution in [0, 0.1) is 5.92 Å². The maximum atomic E-state index is 12.6. The number of hydrogen-bond donors (Lipinski definition) is 1. The molecule has 0 unspecified atom stereocenters. The van der Waals surface area contributed by atoms with Gasteiger partial charge in [0.25, 0.3) is 0 Å². The number of methoxy groups -OCH3 is 1. The van der Waals surface area contributed by atoms with Crippen LogP contribution in [0.15, 0.2) is 35.2 Å². The molecule has 1 aromatic rings. The minimum atomic E-state index is -3.30. The van der Waals surface area contributed by atoms with E-state index in [2.05, 4.69) is 24.3 Å². The van der Waals surface area contributed by atoms with Crippen LogP contribution in [-0.2, 0) is 14.6 Å². The number of ether oxygens (including phenoxy) is 1. The van der Waals surface area contributed by atoms with Crippen molar-refractivity contribution in [2.45, 2.75) is 43.7 Å². The molecule has 1 aliphatic rings. The molecule has 0 saturated carbocycles. The summed E-state index contributed by atoms with van der Waals surface area (Å²) < 4.78 is 30.6. The van der Waals surface area contributed by atoms with Gasteiger partial charge in [-0.1, -0.05) is 32.0 Å². The second-order valence-corrected chi connectivity index (χ2v) is 8.55. The molecule has 1 N–H and O–H groups in total. The first-order valence-corrected chi connectivity index (χ1v) is 9.89. The first-order valence-electron chi connectivity index (χ1n) is 8.23. The highest BCUT2D eigenvalue weighted by atomic mass is 32.2. The molecule has 6 heteroatoms. The monoisotopic (exact) mass is 340 g/mol. The van der Waals surface area contributed by atoms with Crippen LogP contribution in [0.1, 0.15) is 26.7 Å². The SMILES string of the molecule is COC[C@@H]1CCCN1N[C@H](CS(=O)(=O)c1ccccc1)C(C)C. The van der Waals surface area contributed by atoms with Crippen molar-refractivity contribution in [3.05, 3.63) is 30.3 Å². The third kappa shape index (κ3) is 5.01. The molecule has 0 aliphatic carbocycles. The number of nitrogens with zero attached hydrogens (tertiary/aromatic N) is 1. The zero-order chi connectivity index (χ0) is 16.9. The summed E-state index contributed by atoms with van der Waals surface area (Å²) in [6, 6.07) is 8.89. The highest BCUT2D eigenvalue weighted by Crippen LogP contribution is 2.19. The maximum absolute atomic E-state index is 12.6. The highest BCUT2D eigenvalue weighted by Gasteiger charge is 2.30. The number of hydrazine groups is 1. The number of nitrogens with one attached hydrogen (secondary N) is 1. The summed E-state index contributed by atoms with van der Waals surface area (Å²) in [4.78, 5) is 0.391. The van der Waals surface area contributed by atoms with E-state index in [0.717, 1.165) is 19.4 Å². The van der Waals surface area contributed by atoms with Crippen LogP contribution in [0.4, 0.5) is 0 Å². The van der Waals surface area contributed by atoms with Gasteiger partial charge >= 0.3 is 0 Å². The van der Waals surface area contributed by atoms with Crippen LogP contribution in [0.5, 0.6) is 0 Å². The number of hydrogen-bond acceptors (Lipinski definition) is 5. The molecule has 130 valence electrons. The zero-order valence-electron chi connectivity index (χ0n) is 14.2. The van der Waals surface area contributed by atoms with Crippen molar-refractivity contribution in [2.24, 2.45) is 5.92 Å². The lowest BCUT2D eigenvalue weighted by Gasteiger charge is -2.32. The van der Waals surface area contributed by atoms with E-state index in [4.69, 9.17) is 4.74 Å². The predicted molar refractivity (Wildman–Crippen MR) is 91.9 cm³/mol. The molecule has 2 atom stereocenters. The highest BCUT2D eigenvalue weighted by molar-refractivity contribution is 7.91. The third-order valence-corrected chi connectivity index (χ3v) is 6.16. The second kappa shape index (κ2) is 8.24. The van der Waals surface area contributed by atoms with Crippen molar-refractivity contribution in [1.82, 2.24) is 10.4 Å². The molecule has 0 radical (unpaired) electrons. The Bertz CT molecular complexity index is 575. The van der Waals surface area contributed by atoms with E-state index < -0.39 is 9.84 Å². The van der Waals surface area contributed by atoms with E-state index in [-0.39, 0.29) is 17.7 Å². The lowest BCUT2D eigenvalue weighted by atomic mass is 10.1. The summed E-state index contributed by atoms with van der Waals surface area (Å²) >= 11 is 0. The topological polar surface area (TPSA) is 58.6 Å². The zero-order valence-corrected chi connectivity index (χ0v) is 15.1. The number of benzene rings is 1. The molecule has 1 heterocycles. The number of sulfone groups is 1. The van der Waals surface area contributed by atoms with Gasteiger partial charge in [-0.2, -0.15) is 0 Å². The summed E-state index contributed by atoms with van der Waals surface area (Å²) in [7, 11) is -1.59. The fraction of sp³-hybridized carbons (Fsp3) is 0.647. The average molecular weight is 340 g/mol. The summed E-state index contributed by atoms with van der Waals surface area (Å²) in [5.41, 5.74) is 3.45. The predicted octanol–water partition coefficient (Wildman–Crippen LogP) is 2.10. The lowest BCUT2D eigenvalue weighted by molar-refractivity contribution is 0.0670. The van der Waals surface area contributed by atoms with Gasteiger partial charge in [-0.3, -0.25) is 5.43 Å². The molecule has 0 spiro atoms. The first kappa shape index (κ1) is 18.4. The van der Waals surface area contributed by atoms with Gasteiger partial charge in [0.2, 0.25) is 0 Å². The van der Waals surface area contributed by atoms with Gasteiger partial charge in [0, 0.05) is 25.7 Å². The van der Waals surface area contributed by atoms with Gasteiger partial charge in [-0.25, -0.2) is 13.4 Å². The Morgan fingerprint density at radius 3 is 2.61 bits per heavy atom. The molecule has 0 aromatic heterocycles. The van der Waals surface area contributed by atoms with Gasteiger partial charge in [-0.05, 0) is 30.9 Å². The molecule has 1 fully saturated rings. The molecule has 0 bridgehead atoms. The third-order valence-electron chi connectivity index (χ3n) is 4.37. The quantitative estimate of drug-likeness (QED) is 0.785. The van der Waals surface area contributed by atoms with Crippen molar-refractivity contribution >= 4 is 9.84 Å². The van der Waals surface area contributed by atoms with Crippen LogP contribution >= 0.6 is 0 Å². The molecule has 1 aromatic carbocycles. The number of rotatable bonds is 8.